The van der Waals surface area contributed by atoms with Crippen molar-refractivity contribution in [2.45, 2.75) is 0 Å². The van der Waals surface area contributed by atoms with E-state index in [0.717, 1.165) is 14.8 Å². The number of nitrogens with zero attached hydrogens (tertiary/aromatic N) is 2. The van der Waals surface area contributed by atoms with Crippen LogP contribution in [0.4, 0.5) is 0 Å². The highest BCUT2D eigenvalue weighted by atomic mass is 32.1. The van der Waals surface area contributed by atoms with Crippen LogP contribution in [-0.4, -0.2) is 9.97 Å². The van der Waals surface area contributed by atoms with Gasteiger partial charge in [0.15, 0.2) is 5.82 Å². The second-order valence-electron chi connectivity index (χ2n) is 10.3. The van der Waals surface area contributed by atoms with E-state index in [1.165, 1.54) is 11.3 Å². The van der Waals surface area contributed by atoms with E-state index in [1.807, 2.05) is 24.3 Å². The summed E-state index contributed by atoms with van der Waals surface area (Å²) in [6.07, 6.45) is 0. The maximum Gasteiger partial charge on any atom is 0.161 e. The number of thiophene rings is 1. The van der Waals surface area contributed by atoms with Crippen LogP contribution in [0.3, 0.4) is 0 Å². The van der Waals surface area contributed by atoms with E-state index in [4.69, 9.17) is 33.3 Å². The van der Waals surface area contributed by atoms with Crippen LogP contribution in [0.15, 0.2) is 169 Å². The van der Waals surface area contributed by atoms with E-state index in [2.05, 4.69) is 0 Å². The average Bonchev–Trinajstić information content (AvgIpc) is 3.70. The molecule has 2 nitrogen and oxygen atoms in total. The normalized spacial score (nSPS) is 17.4. The summed E-state index contributed by atoms with van der Waals surface area (Å²) in [6, 6.07) is -0.624. The van der Waals surface area contributed by atoms with E-state index in [1.54, 1.807) is 24.3 Å². The Morgan fingerprint density at radius 1 is 0.447 bits per heavy atom. The van der Waals surface area contributed by atoms with Crippen LogP contribution in [0, 0.1) is 0 Å². The van der Waals surface area contributed by atoms with Crippen molar-refractivity contribution in [2.75, 3.05) is 0 Å². The first-order valence-corrected chi connectivity index (χ1v) is 15.0. The molecule has 9 rings (SSSR count). The molecule has 0 amide bonds. The zero-order chi connectivity index (χ0) is 48.6. The first kappa shape index (κ1) is 13.8. The molecule has 0 fully saturated rings. The molecule has 0 atom stereocenters. The third kappa shape index (κ3) is 4.98. The second kappa shape index (κ2) is 11.5. The van der Waals surface area contributed by atoms with Gasteiger partial charge in [-0.2, -0.15) is 0 Å². The molecule has 220 valence electrons. The molecule has 0 aliphatic rings. The van der Waals surface area contributed by atoms with Gasteiger partial charge in [0.2, 0.25) is 0 Å². The third-order valence-corrected chi connectivity index (χ3v) is 8.75. The van der Waals surface area contributed by atoms with E-state index in [-0.39, 0.29) is 22.5 Å². The van der Waals surface area contributed by atoms with Gasteiger partial charge in [-0.3, -0.25) is 0 Å². The van der Waals surface area contributed by atoms with Crippen LogP contribution >= 0.6 is 11.3 Å². The minimum absolute atomic E-state index is 0.124. The lowest BCUT2D eigenvalue weighted by Gasteiger charge is -2.13. The standard InChI is InChI=1S/C44H28N2S/c1-4-12-29(13-5-1)31-20-22-33(23-21-31)41-28-40(32-16-8-3-9-17-32)45-44(46-41)39-27-38-35-18-10-11-19-42(35)47-43(38)36-25-24-34(26-37(36)39)30-14-6-2-7-15-30/h1-28H/i1D,2D,3D,4D,5D,6D,7D,8D,9D,12D,13D,14D,15D,16D,17D,20D,21D,22D,23D,28D. The third-order valence-electron chi connectivity index (χ3n) is 7.53. The Kier molecular flexibility index (Phi) is 3.38. The summed E-state index contributed by atoms with van der Waals surface area (Å²) in [6.45, 7) is 0. The minimum atomic E-state index is -0.863. The van der Waals surface area contributed by atoms with Gasteiger partial charge in [-0.25, -0.2) is 9.97 Å². The molecule has 2 heterocycles. The number of fused-ring (bicyclic) bond motifs is 5. The Balaban J connectivity index is 1.45. The van der Waals surface area contributed by atoms with Gasteiger partial charge in [0.25, 0.3) is 0 Å². The van der Waals surface area contributed by atoms with Crippen molar-refractivity contribution in [2.24, 2.45) is 0 Å². The highest BCUT2D eigenvalue weighted by Crippen LogP contribution is 2.43. The van der Waals surface area contributed by atoms with Crippen molar-refractivity contribution >= 4 is 42.3 Å². The molecule has 7 aromatic carbocycles. The molecule has 47 heavy (non-hydrogen) atoms. The molecule has 0 aliphatic heterocycles. The fourth-order valence-corrected chi connectivity index (χ4v) is 6.61. The lowest BCUT2D eigenvalue weighted by atomic mass is 9.95. The van der Waals surface area contributed by atoms with Gasteiger partial charge in [-0.15, -0.1) is 11.3 Å². The number of benzene rings is 7. The molecule has 2 aromatic heterocycles. The van der Waals surface area contributed by atoms with E-state index in [0.29, 0.717) is 16.2 Å². The summed E-state index contributed by atoms with van der Waals surface area (Å²) >= 11 is 1.44. The second-order valence-corrected chi connectivity index (χ2v) is 11.3. The molecular weight excluding hydrogens is 589 g/mol. The molecule has 0 spiro atoms. The molecule has 9 aromatic rings. The molecule has 0 saturated carbocycles. The zero-order valence-corrected chi connectivity index (χ0v) is 24.7. The van der Waals surface area contributed by atoms with Gasteiger partial charge in [0, 0.05) is 42.2 Å². The van der Waals surface area contributed by atoms with Gasteiger partial charge < -0.3 is 0 Å². The number of rotatable bonds is 5. The van der Waals surface area contributed by atoms with Crippen LogP contribution in [0.25, 0.3) is 87.1 Å². The van der Waals surface area contributed by atoms with E-state index < -0.39 is 154 Å². The first-order valence-electron chi connectivity index (χ1n) is 24.2. The van der Waals surface area contributed by atoms with Crippen molar-refractivity contribution < 1.29 is 27.4 Å². The fourth-order valence-electron chi connectivity index (χ4n) is 5.39. The van der Waals surface area contributed by atoms with Crippen LogP contribution < -0.4 is 0 Å². The van der Waals surface area contributed by atoms with Crippen LogP contribution in [0.1, 0.15) is 27.4 Å². The molecule has 3 heteroatoms. The summed E-state index contributed by atoms with van der Waals surface area (Å²) in [5.41, 5.74) is -3.36. The highest BCUT2D eigenvalue weighted by Gasteiger charge is 2.18. The monoisotopic (exact) mass is 636 g/mol. The van der Waals surface area contributed by atoms with Gasteiger partial charge in [0.05, 0.1) is 38.8 Å². The van der Waals surface area contributed by atoms with Crippen molar-refractivity contribution in [3.8, 4) is 56.2 Å². The average molecular weight is 637 g/mol. The highest BCUT2D eigenvalue weighted by molar-refractivity contribution is 7.26. The molecule has 0 radical (unpaired) electrons. The summed E-state index contributed by atoms with van der Waals surface area (Å²) in [7, 11) is 0. The largest absolute Gasteiger partial charge is 0.228 e. The fraction of sp³-hybridized carbons (Fsp3) is 0. The van der Waals surface area contributed by atoms with E-state index in [9.17, 15) is 4.11 Å². The number of hydrogen-bond donors (Lipinski definition) is 0. The van der Waals surface area contributed by atoms with Crippen molar-refractivity contribution in [3.05, 3.63) is 169 Å². The summed E-state index contributed by atoms with van der Waals surface area (Å²) in [5.74, 6) is -0.306. The van der Waals surface area contributed by atoms with Gasteiger partial charge in [-0.05, 0) is 51.9 Å². The maximum atomic E-state index is 9.53. The topological polar surface area (TPSA) is 25.8 Å². The van der Waals surface area contributed by atoms with Crippen LogP contribution in [0.2, 0.25) is 0 Å². The maximum absolute atomic E-state index is 9.53. The van der Waals surface area contributed by atoms with Crippen molar-refractivity contribution in [3.63, 3.8) is 0 Å². The summed E-state index contributed by atoms with van der Waals surface area (Å²) < 4.78 is 175. The molecule has 0 unspecified atom stereocenters. The van der Waals surface area contributed by atoms with Crippen LogP contribution in [0.5, 0.6) is 0 Å². The number of aromatic nitrogens is 2. The predicted octanol–water partition coefficient (Wildman–Crippen LogP) is 12.3. The molecule has 0 aliphatic carbocycles. The molecule has 0 N–H and O–H groups in total. The minimum Gasteiger partial charge on any atom is -0.228 e. The first-order chi connectivity index (χ1) is 31.6. The number of hydrogen-bond acceptors (Lipinski definition) is 3. The Hall–Kier alpha value is -5.90. The van der Waals surface area contributed by atoms with Crippen molar-refractivity contribution in [1.82, 2.24) is 9.97 Å². The molecular formula is C44H28N2S. The zero-order valence-electron chi connectivity index (χ0n) is 43.9. The Morgan fingerprint density at radius 3 is 1.68 bits per heavy atom. The van der Waals surface area contributed by atoms with Gasteiger partial charge in [0.1, 0.15) is 0 Å². The lowest BCUT2D eigenvalue weighted by molar-refractivity contribution is 1.19. The Bertz CT molecular complexity index is 3600. The van der Waals surface area contributed by atoms with Crippen LogP contribution in [-0.2, 0) is 0 Å². The quantitative estimate of drug-likeness (QED) is 0.188. The molecule has 0 bridgehead atoms. The van der Waals surface area contributed by atoms with Crippen molar-refractivity contribution in [1.29, 1.82) is 0 Å². The Morgan fingerprint density at radius 2 is 1.00 bits per heavy atom. The predicted molar refractivity (Wildman–Crippen MR) is 200 cm³/mol. The lowest BCUT2D eigenvalue weighted by Crippen LogP contribution is -1.97. The van der Waals surface area contributed by atoms with E-state index >= 15 is 0 Å². The summed E-state index contributed by atoms with van der Waals surface area (Å²) in [4.78, 5) is 9.43. The Labute approximate surface area is 305 Å². The SMILES string of the molecule is [2H]c1c(-c2c([2H])c([2H])c([2H])c([2H])c2[2H])nc(-c2cc3c4ccccc4sc3c3ccc(-c4c([2H])c([2H])c([2H])c([2H])c4[2H])cc23)nc1-c1c([2H])c([2H])c(-c2c([2H])c([2H])c([2H])c([2H])c2[2H])c([2H])c1[2H]. The smallest absolute Gasteiger partial charge is 0.161 e. The van der Waals surface area contributed by atoms with Gasteiger partial charge in [-0.1, -0.05) is 145 Å². The summed E-state index contributed by atoms with van der Waals surface area (Å²) in [5, 5.41) is 2.37. The van der Waals surface area contributed by atoms with Gasteiger partial charge >= 0.3 is 0 Å². The molecule has 0 saturated heterocycles.